The summed E-state index contributed by atoms with van der Waals surface area (Å²) in [5, 5.41) is 32.6. The van der Waals surface area contributed by atoms with Crippen LogP contribution in [0.3, 0.4) is 0 Å². The van der Waals surface area contributed by atoms with Crippen molar-refractivity contribution >= 4 is 52.0 Å². The maximum Gasteiger partial charge on any atom is 0.311 e. The van der Waals surface area contributed by atoms with Crippen LogP contribution in [-0.2, 0) is 23.9 Å². The number of amides is 1. The molecule has 16 nitrogen and oxygen atoms in total. The van der Waals surface area contributed by atoms with Gasteiger partial charge in [0.05, 0.1) is 60.5 Å². The van der Waals surface area contributed by atoms with Crippen molar-refractivity contribution < 1.29 is 42.8 Å². The zero-order valence-electron chi connectivity index (χ0n) is 23.2. The zero-order chi connectivity index (χ0) is 31.4. The number of azo groups is 1. The Morgan fingerprint density at radius 1 is 0.905 bits per heavy atom. The molecule has 0 spiro atoms. The van der Waals surface area contributed by atoms with Crippen molar-refractivity contribution in [2.24, 2.45) is 10.2 Å². The second kappa shape index (κ2) is 15.5. The summed E-state index contributed by atoms with van der Waals surface area (Å²) in [7, 11) is 1.32. The molecule has 17 heteroatoms. The maximum atomic E-state index is 14.2. The number of esters is 2. The van der Waals surface area contributed by atoms with Crippen LogP contribution in [0.1, 0.15) is 33.6 Å². The first-order valence-electron chi connectivity index (χ1n) is 12.5. The quantitative estimate of drug-likeness (QED) is 0.129. The average Bonchev–Trinajstić information content (AvgIpc) is 2.91. The highest BCUT2D eigenvalue weighted by Gasteiger charge is 2.25. The van der Waals surface area contributed by atoms with Gasteiger partial charge < -0.3 is 24.4 Å². The van der Waals surface area contributed by atoms with Crippen LogP contribution in [0.5, 0.6) is 5.75 Å². The number of hydrogen-bond acceptors (Lipinski definition) is 13. The molecule has 226 valence electrons. The molecule has 0 fully saturated rings. The molecule has 1 N–H and O–H groups in total. The van der Waals surface area contributed by atoms with Crippen LogP contribution >= 0.6 is 0 Å². The van der Waals surface area contributed by atoms with Crippen molar-refractivity contribution in [3.63, 3.8) is 0 Å². The predicted molar refractivity (Wildman–Crippen MR) is 146 cm³/mol. The molecule has 0 bridgehead atoms. The third-order valence-electron chi connectivity index (χ3n) is 5.43. The Morgan fingerprint density at radius 2 is 1.45 bits per heavy atom. The Morgan fingerprint density at radius 3 is 1.93 bits per heavy atom. The number of methoxy groups -OCH3 is 1. The molecule has 2 rings (SSSR count). The highest BCUT2D eigenvalue weighted by Crippen LogP contribution is 2.41. The van der Waals surface area contributed by atoms with Crippen molar-refractivity contribution in [2.45, 2.75) is 33.6 Å². The van der Waals surface area contributed by atoms with Crippen molar-refractivity contribution in [3.05, 3.63) is 50.3 Å². The fourth-order valence-corrected chi connectivity index (χ4v) is 3.63. The Hall–Kier alpha value is -5.22. The number of halogens is 1. The lowest BCUT2D eigenvalue weighted by Gasteiger charge is -2.27. The minimum absolute atomic E-state index is 0.0457. The van der Waals surface area contributed by atoms with E-state index in [9.17, 15) is 39.0 Å². The van der Waals surface area contributed by atoms with Gasteiger partial charge in [-0.15, -0.1) is 10.2 Å². The number of nitrogens with one attached hydrogen (secondary N) is 1. The number of nitrogens with zero attached hydrogens (tertiary/aromatic N) is 5. The molecule has 0 aliphatic rings. The first-order valence-corrected chi connectivity index (χ1v) is 12.5. The van der Waals surface area contributed by atoms with Gasteiger partial charge in [-0.25, -0.2) is 0 Å². The molecule has 0 radical (unpaired) electrons. The predicted octanol–water partition coefficient (Wildman–Crippen LogP) is 4.74. The summed E-state index contributed by atoms with van der Waals surface area (Å²) in [5.74, 6) is -2.72. The SMILES string of the molecule is CCOC(=O)CCN(CCC(=O)OCC)c1cc(NC(C)=O)c(/N=N/c2cc(F)c([N+](=O)[O-])cc2[N+](=O)[O-])cc1OC. The van der Waals surface area contributed by atoms with Gasteiger partial charge in [-0.05, 0) is 19.9 Å². The minimum Gasteiger partial charge on any atom is -0.494 e. The number of rotatable bonds is 15. The Bertz CT molecular complexity index is 1360. The van der Waals surface area contributed by atoms with Gasteiger partial charge in [0.15, 0.2) is 5.69 Å². The van der Waals surface area contributed by atoms with Crippen LogP contribution in [0.4, 0.5) is 38.5 Å². The van der Waals surface area contributed by atoms with E-state index in [1.54, 1.807) is 18.7 Å². The Kier molecular flexibility index (Phi) is 12.2. The lowest BCUT2D eigenvalue weighted by atomic mass is 10.1. The summed E-state index contributed by atoms with van der Waals surface area (Å²) >= 11 is 0. The Balaban J connectivity index is 2.61. The molecule has 0 saturated heterocycles. The number of nitro benzene ring substituents is 2. The van der Waals surface area contributed by atoms with Gasteiger partial charge in [-0.3, -0.25) is 34.6 Å². The van der Waals surface area contributed by atoms with E-state index < -0.39 is 50.6 Å². The van der Waals surface area contributed by atoms with Crippen LogP contribution in [0.25, 0.3) is 0 Å². The van der Waals surface area contributed by atoms with Crippen molar-refractivity contribution in [3.8, 4) is 5.75 Å². The molecule has 2 aromatic carbocycles. The maximum absolute atomic E-state index is 14.2. The molecule has 0 aliphatic heterocycles. The molecule has 0 aliphatic carbocycles. The van der Waals surface area contributed by atoms with Crippen molar-refractivity contribution in [1.82, 2.24) is 0 Å². The topological polar surface area (TPSA) is 205 Å². The van der Waals surface area contributed by atoms with E-state index >= 15 is 0 Å². The van der Waals surface area contributed by atoms with Crippen LogP contribution in [0.15, 0.2) is 34.5 Å². The van der Waals surface area contributed by atoms with Crippen LogP contribution in [0, 0.1) is 26.0 Å². The first kappa shape index (κ1) is 33.0. The third kappa shape index (κ3) is 9.17. The van der Waals surface area contributed by atoms with E-state index in [0.29, 0.717) is 17.8 Å². The second-order valence-corrected chi connectivity index (χ2v) is 8.33. The normalized spacial score (nSPS) is 10.7. The van der Waals surface area contributed by atoms with E-state index in [4.69, 9.17) is 14.2 Å². The summed E-state index contributed by atoms with van der Waals surface area (Å²) in [6.07, 6.45) is -0.0990. The fraction of sp³-hybridized carbons (Fsp3) is 0.400. The second-order valence-electron chi connectivity index (χ2n) is 8.33. The van der Waals surface area contributed by atoms with Crippen LogP contribution in [0.2, 0.25) is 0 Å². The van der Waals surface area contributed by atoms with Crippen molar-refractivity contribution in [1.29, 1.82) is 0 Å². The third-order valence-corrected chi connectivity index (χ3v) is 5.43. The lowest BCUT2D eigenvalue weighted by Crippen LogP contribution is -2.30. The smallest absolute Gasteiger partial charge is 0.311 e. The number of hydrogen-bond donors (Lipinski definition) is 1. The zero-order valence-corrected chi connectivity index (χ0v) is 23.2. The van der Waals surface area contributed by atoms with Gasteiger partial charge in [-0.1, -0.05) is 0 Å². The van der Waals surface area contributed by atoms with E-state index in [1.165, 1.54) is 26.2 Å². The van der Waals surface area contributed by atoms with E-state index in [2.05, 4.69) is 15.5 Å². The largest absolute Gasteiger partial charge is 0.494 e. The highest BCUT2D eigenvalue weighted by molar-refractivity contribution is 5.94. The monoisotopic (exact) mass is 592 g/mol. The lowest BCUT2D eigenvalue weighted by molar-refractivity contribution is -0.395. The summed E-state index contributed by atoms with van der Waals surface area (Å²) < 4.78 is 29.7. The standard InChI is InChI=1S/C25H29FN6O10/c1-5-41-24(34)7-9-30(10-8-25(35)42-6-2)22-12-17(27-15(3)33)18(13-23(22)40-4)28-29-19-11-16(26)20(31(36)37)14-21(19)32(38)39/h11-14H,5-10H2,1-4H3,(H,27,33)/b29-28+. The molecular weight excluding hydrogens is 563 g/mol. The van der Waals surface area contributed by atoms with E-state index in [-0.39, 0.29) is 56.3 Å². The molecule has 0 heterocycles. The number of carbonyl (C=O) groups excluding carboxylic acids is 3. The summed E-state index contributed by atoms with van der Waals surface area (Å²) in [4.78, 5) is 58.1. The number of carbonyl (C=O) groups is 3. The molecule has 42 heavy (non-hydrogen) atoms. The highest BCUT2D eigenvalue weighted by atomic mass is 19.1. The molecule has 1 amide bonds. The minimum atomic E-state index is -1.37. The van der Waals surface area contributed by atoms with Gasteiger partial charge in [-0.2, -0.15) is 4.39 Å². The summed E-state index contributed by atoms with van der Waals surface area (Å²) in [6.45, 7) is 5.05. The van der Waals surface area contributed by atoms with Crippen molar-refractivity contribution in [2.75, 3.05) is 43.6 Å². The molecule has 0 atom stereocenters. The van der Waals surface area contributed by atoms with Gasteiger partial charge in [0.25, 0.3) is 0 Å². The van der Waals surface area contributed by atoms with Crippen LogP contribution in [-0.4, -0.2) is 61.1 Å². The number of benzene rings is 2. The van der Waals surface area contributed by atoms with Gasteiger partial charge >= 0.3 is 23.3 Å². The number of nitro groups is 2. The summed E-state index contributed by atoms with van der Waals surface area (Å²) in [6, 6.07) is 3.66. The van der Waals surface area contributed by atoms with Gasteiger partial charge in [0, 0.05) is 32.1 Å². The molecule has 0 aromatic heterocycles. The van der Waals surface area contributed by atoms with Gasteiger partial charge in [0.1, 0.15) is 11.4 Å². The summed E-state index contributed by atoms with van der Waals surface area (Å²) in [5.41, 5.74) is -2.30. The molecule has 2 aromatic rings. The van der Waals surface area contributed by atoms with Gasteiger partial charge in [0.2, 0.25) is 11.7 Å². The van der Waals surface area contributed by atoms with E-state index in [1.807, 2.05) is 0 Å². The number of anilines is 2. The molecule has 0 unspecified atom stereocenters. The first-order chi connectivity index (χ1) is 19.9. The Labute approximate surface area is 238 Å². The fourth-order valence-electron chi connectivity index (χ4n) is 3.63. The molecular formula is C25H29FN6O10. The van der Waals surface area contributed by atoms with Crippen LogP contribution < -0.4 is 15.0 Å². The molecule has 0 saturated carbocycles. The number of ether oxygens (including phenoxy) is 3. The average molecular weight is 593 g/mol. The van der Waals surface area contributed by atoms with E-state index in [0.717, 1.165) is 0 Å².